The summed E-state index contributed by atoms with van der Waals surface area (Å²) in [5.74, 6) is -2.03. The third-order valence-corrected chi connectivity index (χ3v) is 6.04. The summed E-state index contributed by atoms with van der Waals surface area (Å²) < 4.78 is 64.1. The van der Waals surface area contributed by atoms with E-state index in [2.05, 4.69) is 0 Å². The largest absolute Gasteiger partial charge is 0.550 e. The van der Waals surface area contributed by atoms with Gasteiger partial charge in [-0.2, -0.15) is 17.5 Å². The molecule has 0 atom stereocenters. The van der Waals surface area contributed by atoms with Crippen LogP contribution >= 0.6 is 11.6 Å². The highest BCUT2D eigenvalue weighted by atomic mass is 35.5. The predicted molar refractivity (Wildman–Crippen MR) is 72.9 cm³/mol. The molecule has 10 heteroatoms. The van der Waals surface area contributed by atoms with Crippen molar-refractivity contribution in [2.45, 2.75) is 23.9 Å². The average Bonchev–Trinajstić information content (AvgIpc) is 2.46. The van der Waals surface area contributed by atoms with Gasteiger partial charge in [0.1, 0.15) is 4.90 Å². The summed E-state index contributed by atoms with van der Waals surface area (Å²) in [6, 6.07) is 2.07. The zero-order valence-electron chi connectivity index (χ0n) is 11.6. The lowest BCUT2D eigenvalue weighted by atomic mass is 9.99. The molecule has 0 spiro atoms. The Morgan fingerprint density at radius 3 is 2.30 bits per heavy atom. The highest BCUT2D eigenvalue weighted by Gasteiger charge is 2.35. The van der Waals surface area contributed by atoms with E-state index in [1.807, 2.05) is 0 Å². The van der Waals surface area contributed by atoms with Crippen LogP contribution in [0.5, 0.6) is 0 Å². The van der Waals surface area contributed by atoms with Crippen molar-refractivity contribution in [2.75, 3.05) is 13.1 Å². The van der Waals surface area contributed by atoms with Crippen LogP contribution in [0, 0.1) is 5.92 Å². The molecule has 1 aromatic rings. The maximum Gasteiger partial charge on any atom is 0.416 e. The number of carboxylic acids is 1. The topological polar surface area (TPSA) is 77.5 Å². The predicted octanol–water partition coefficient (Wildman–Crippen LogP) is 1.51. The Balaban J connectivity index is 2.32. The number of piperidine rings is 1. The summed E-state index contributed by atoms with van der Waals surface area (Å²) in [6.45, 7) is -0.235. The number of benzene rings is 1. The second-order valence-electron chi connectivity index (χ2n) is 5.14. The summed E-state index contributed by atoms with van der Waals surface area (Å²) in [5, 5.41) is 10.4. The van der Waals surface area contributed by atoms with Gasteiger partial charge in [-0.05, 0) is 31.0 Å². The Morgan fingerprint density at radius 2 is 1.83 bits per heavy atom. The van der Waals surface area contributed by atoms with Gasteiger partial charge in [0.05, 0.1) is 10.6 Å². The van der Waals surface area contributed by atoms with Crippen LogP contribution in [0.4, 0.5) is 13.2 Å². The first-order valence-corrected chi connectivity index (χ1v) is 8.43. The number of carboxylic acid groups (broad SMARTS) is 1. The van der Waals surface area contributed by atoms with Gasteiger partial charge >= 0.3 is 6.18 Å². The molecular weight excluding hydrogens is 359 g/mol. The molecule has 128 valence electrons. The lowest BCUT2D eigenvalue weighted by Gasteiger charge is -2.31. The Kier molecular flexibility index (Phi) is 4.93. The molecule has 0 aliphatic carbocycles. The Morgan fingerprint density at radius 1 is 1.26 bits per heavy atom. The van der Waals surface area contributed by atoms with E-state index in [0.29, 0.717) is 12.1 Å². The fraction of sp³-hybridized carbons (Fsp3) is 0.462. The summed E-state index contributed by atoms with van der Waals surface area (Å²) in [7, 11) is -4.24. The fourth-order valence-electron chi connectivity index (χ4n) is 2.35. The molecule has 5 nitrogen and oxygen atoms in total. The van der Waals surface area contributed by atoms with Crippen molar-refractivity contribution in [2.24, 2.45) is 5.92 Å². The molecule has 1 aromatic carbocycles. The van der Waals surface area contributed by atoms with Crippen LogP contribution in [0.2, 0.25) is 5.02 Å². The second kappa shape index (κ2) is 6.29. The number of sulfonamides is 1. The van der Waals surface area contributed by atoms with E-state index < -0.39 is 38.5 Å². The van der Waals surface area contributed by atoms with Crippen molar-refractivity contribution in [3.05, 3.63) is 28.8 Å². The lowest BCUT2D eigenvalue weighted by Crippen LogP contribution is -2.43. The number of aliphatic carboxylic acids is 1. The van der Waals surface area contributed by atoms with Crippen LogP contribution in [0.15, 0.2) is 23.1 Å². The minimum absolute atomic E-state index is 0.0398. The molecular formula is C13H12ClF3NO4S-. The number of hydrogen-bond acceptors (Lipinski definition) is 4. The van der Waals surface area contributed by atoms with Crippen molar-refractivity contribution < 1.29 is 31.5 Å². The number of hydrogen-bond donors (Lipinski definition) is 0. The quantitative estimate of drug-likeness (QED) is 0.808. The minimum atomic E-state index is -4.70. The van der Waals surface area contributed by atoms with E-state index in [-0.39, 0.29) is 31.0 Å². The van der Waals surface area contributed by atoms with Gasteiger partial charge in [-0.15, -0.1) is 0 Å². The van der Waals surface area contributed by atoms with Crippen molar-refractivity contribution >= 4 is 27.6 Å². The van der Waals surface area contributed by atoms with Crippen molar-refractivity contribution in [3.63, 3.8) is 0 Å². The van der Waals surface area contributed by atoms with E-state index >= 15 is 0 Å². The Bertz CT molecular complexity index is 712. The van der Waals surface area contributed by atoms with Crippen molar-refractivity contribution in [1.29, 1.82) is 0 Å². The third-order valence-electron chi connectivity index (χ3n) is 3.66. The van der Waals surface area contributed by atoms with Crippen molar-refractivity contribution in [1.82, 2.24) is 4.31 Å². The molecule has 0 bridgehead atoms. The smallest absolute Gasteiger partial charge is 0.416 e. The van der Waals surface area contributed by atoms with E-state index in [9.17, 15) is 31.5 Å². The molecule has 1 heterocycles. The van der Waals surface area contributed by atoms with E-state index in [1.54, 1.807) is 0 Å². The fourth-order valence-corrected chi connectivity index (χ4v) is 4.32. The average molecular weight is 371 g/mol. The molecule has 1 aliphatic rings. The summed E-state index contributed by atoms with van der Waals surface area (Å²) in [5.41, 5.74) is -1.12. The van der Waals surface area contributed by atoms with Gasteiger partial charge in [0, 0.05) is 25.0 Å². The summed E-state index contributed by atoms with van der Waals surface area (Å²) in [6.07, 6.45) is -4.62. The van der Waals surface area contributed by atoms with Gasteiger partial charge in [-0.1, -0.05) is 11.6 Å². The molecule has 0 aromatic heterocycles. The molecule has 0 amide bonds. The molecule has 23 heavy (non-hydrogen) atoms. The van der Waals surface area contributed by atoms with Crippen LogP contribution in [-0.2, 0) is 21.0 Å². The number of nitrogens with zero attached hydrogens (tertiary/aromatic N) is 1. The zero-order chi connectivity index (χ0) is 17.4. The van der Waals surface area contributed by atoms with E-state index in [0.717, 1.165) is 10.4 Å². The van der Waals surface area contributed by atoms with Gasteiger partial charge in [0.15, 0.2) is 0 Å². The van der Waals surface area contributed by atoms with Crippen LogP contribution in [0.1, 0.15) is 18.4 Å². The number of carbonyl (C=O) groups is 1. The van der Waals surface area contributed by atoms with Gasteiger partial charge in [-0.25, -0.2) is 8.42 Å². The molecule has 2 rings (SSSR count). The minimum Gasteiger partial charge on any atom is -0.550 e. The van der Waals surface area contributed by atoms with Gasteiger partial charge < -0.3 is 9.90 Å². The van der Waals surface area contributed by atoms with Gasteiger partial charge in [0.25, 0.3) is 0 Å². The highest BCUT2D eigenvalue weighted by Crippen LogP contribution is 2.35. The SMILES string of the molecule is O=C([O-])C1CCN(S(=O)(=O)c2cc(C(F)(F)F)ccc2Cl)CC1. The molecule has 1 fully saturated rings. The molecule has 0 radical (unpaired) electrons. The Labute approximate surface area is 135 Å². The number of alkyl halides is 3. The molecule has 1 saturated heterocycles. The summed E-state index contributed by atoms with van der Waals surface area (Å²) in [4.78, 5) is 10.1. The highest BCUT2D eigenvalue weighted by molar-refractivity contribution is 7.89. The zero-order valence-corrected chi connectivity index (χ0v) is 13.2. The van der Waals surface area contributed by atoms with Crippen LogP contribution < -0.4 is 5.11 Å². The number of carbonyl (C=O) groups excluding carboxylic acids is 1. The summed E-state index contributed by atoms with van der Waals surface area (Å²) >= 11 is 5.75. The maximum absolute atomic E-state index is 12.7. The first-order valence-electron chi connectivity index (χ1n) is 6.61. The molecule has 0 saturated carbocycles. The normalized spacial score (nSPS) is 18.1. The van der Waals surface area contributed by atoms with Crippen molar-refractivity contribution in [3.8, 4) is 0 Å². The maximum atomic E-state index is 12.7. The van der Waals surface area contributed by atoms with Gasteiger partial charge in [-0.3, -0.25) is 0 Å². The number of halogens is 4. The third kappa shape index (κ3) is 3.78. The monoisotopic (exact) mass is 370 g/mol. The molecule has 0 unspecified atom stereocenters. The van der Waals surface area contributed by atoms with Crippen LogP contribution in [0.3, 0.4) is 0 Å². The Hall–Kier alpha value is -1.32. The van der Waals surface area contributed by atoms with Crippen LogP contribution in [-0.4, -0.2) is 31.8 Å². The first kappa shape index (κ1) is 18.0. The first-order chi connectivity index (χ1) is 10.5. The van der Waals surface area contributed by atoms with E-state index in [1.165, 1.54) is 0 Å². The molecule has 1 aliphatic heterocycles. The van der Waals surface area contributed by atoms with E-state index in [4.69, 9.17) is 11.6 Å². The van der Waals surface area contributed by atoms with Gasteiger partial charge in [0.2, 0.25) is 10.0 Å². The lowest BCUT2D eigenvalue weighted by molar-refractivity contribution is -0.312. The van der Waals surface area contributed by atoms with Crippen LogP contribution in [0.25, 0.3) is 0 Å². The molecule has 0 N–H and O–H groups in total. The number of rotatable bonds is 3. The second-order valence-corrected chi connectivity index (χ2v) is 7.45. The standard InChI is InChI=1S/C13H13ClF3NO4S/c14-10-2-1-9(13(15,16)17)7-11(10)23(21,22)18-5-3-8(4-6-18)12(19)20/h1-2,7-8H,3-6H2,(H,19,20)/p-1.